The van der Waals surface area contributed by atoms with Crippen LogP contribution in [0.25, 0.3) is 0 Å². The van der Waals surface area contributed by atoms with E-state index in [1.54, 1.807) is 0 Å². The predicted molar refractivity (Wildman–Crippen MR) is 78.7 cm³/mol. The second-order valence-corrected chi connectivity index (χ2v) is 6.05. The number of hydrogen-bond acceptors (Lipinski definition) is 1. The van der Waals surface area contributed by atoms with Gasteiger partial charge in [0.25, 0.3) is 0 Å². The average molecular weight is 245 g/mol. The molecule has 2 rings (SSSR count). The minimum absolute atomic E-state index is 0.229. The lowest BCUT2D eigenvalue weighted by atomic mass is 9.84. The molecular weight excluding hydrogens is 218 g/mol. The van der Waals surface area contributed by atoms with Gasteiger partial charge in [-0.25, -0.2) is 0 Å². The van der Waals surface area contributed by atoms with Crippen molar-refractivity contribution in [1.29, 1.82) is 0 Å². The number of aryl methyl sites for hydroxylation is 2. The van der Waals surface area contributed by atoms with Crippen molar-refractivity contribution < 1.29 is 0 Å². The Labute approximate surface area is 112 Å². The van der Waals surface area contributed by atoms with Gasteiger partial charge in [-0.1, -0.05) is 55.9 Å². The third-order valence-corrected chi connectivity index (χ3v) is 4.44. The zero-order valence-corrected chi connectivity index (χ0v) is 11.9. The average Bonchev–Trinajstić information content (AvgIpc) is 2.37. The molecule has 18 heavy (non-hydrogen) atoms. The first-order valence-electron chi connectivity index (χ1n) is 7.49. The minimum Gasteiger partial charge on any atom is -0.324 e. The van der Waals surface area contributed by atoms with Crippen LogP contribution in [0.2, 0.25) is 0 Å². The molecule has 0 amide bonds. The third kappa shape index (κ3) is 3.58. The first-order chi connectivity index (χ1) is 8.66. The highest BCUT2D eigenvalue weighted by molar-refractivity contribution is 5.32. The Balaban J connectivity index is 1.88. The predicted octanol–water partition coefficient (Wildman–Crippen LogP) is 4.66. The molecule has 1 unspecified atom stereocenters. The van der Waals surface area contributed by atoms with Crippen LogP contribution in [0.1, 0.15) is 67.7 Å². The van der Waals surface area contributed by atoms with Crippen molar-refractivity contribution in [3.05, 3.63) is 34.9 Å². The molecule has 1 saturated carbocycles. The molecule has 0 radical (unpaired) electrons. The van der Waals surface area contributed by atoms with Crippen molar-refractivity contribution in [1.82, 2.24) is 0 Å². The summed E-state index contributed by atoms with van der Waals surface area (Å²) in [6, 6.07) is 6.88. The molecule has 0 aromatic heterocycles. The lowest BCUT2D eigenvalue weighted by Crippen LogP contribution is -2.15. The van der Waals surface area contributed by atoms with Gasteiger partial charge in [0.1, 0.15) is 0 Å². The molecule has 1 aromatic rings. The first-order valence-corrected chi connectivity index (χ1v) is 7.49. The lowest BCUT2D eigenvalue weighted by molar-refractivity contribution is 0.324. The molecule has 0 spiro atoms. The van der Waals surface area contributed by atoms with Crippen molar-refractivity contribution in [3.8, 4) is 0 Å². The fraction of sp³-hybridized carbons (Fsp3) is 0.647. The van der Waals surface area contributed by atoms with E-state index in [9.17, 15) is 0 Å². The van der Waals surface area contributed by atoms with E-state index < -0.39 is 0 Å². The van der Waals surface area contributed by atoms with Gasteiger partial charge in [-0.15, -0.1) is 0 Å². The summed E-state index contributed by atoms with van der Waals surface area (Å²) >= 11 is 0. The summed E-state index contributed by atoms with van der Waals surface area (Å²) in [7, 11) is 0. The largest absolute Gasteiger partial charge is 0.324 e. The van der Waals surface area contributed by atoms with Crippen molar-refractivity contribution in [2.45, 2.75) is 64.8 Å². The Morgan fingerprint density at radius 2 is 1.89 bits per heavy atom. The SMILES string of the molecule is Cc1ccc(C(N)CCC2CCCCC2)c(C)c1. The number of benzene rings is 1. The molecule has 1 atom stereocenters. The van der Waals surface area contributed by atoms with Gasteiger partial charge in [0.2, 0.25) is 0 Å². The fourth-order valence-corrected chi connectivity index (χ4v) is 3.29. The monoisotopic (exact) mass is 245 g/mol. The molecule has 0 bridgehead atoms. The molecule has 1 nitrogen and oxygen atoms in total. The highest BCUT2D eigenvalue weighted by Gasteiger charge is 2.16. The summed E-state index contributed by atoms with van der Waals surface area (Å²) in [5.74, 6) is 0.940. The third-order valence-electron chi connectivity index (χ3n) is 4.44. The van der Waals surface area contributed by atoms with Gasteiger partial charge in [0, 0.05) is 6.04 Å². The van der Waals surface area contributed by atoms with Crippen molar-refractivity contribution >= 4 is 0 Å². The van der Waals surface area contributed by atoms with Crippen LogP contribution < -0.4 is 5.73 Å². The summed E-state index contributed by atoms with van der Waals surface area (Å²) in [6.45, 7) is 4.33. The Morgan fingerprint density at radius 1 is 1.17 bits per heavy atom. The normalized spacial score (nSPS) is 18.8. The van der Waals surface area contributed by atoms with Crippen LogP contribution in [0.5, 0.6) is 0 Å². The molecule has 1 aliphatic carbocycles. The molecule has 1 fully saturated rings. The molecular formula is C17H27N. The minimum atomic E-state index is 0.229. The number of hydrogen-bond donors (Lipinski definition) is 1. The van der Waals surface area contributed by atoms with E-state index in [2.05, 4.69) is 32.0 Å². The number of rotatable bonds is 4. The van der Waals surface area contributed by atoms with Crippen LogP contribution in [0.15, 0.2) is 18.2 Å². The van der Waals surface area contributed by atoms with Gasteiger partial charge in [-0.2, -0.15) is 0 Å². The first kappa shape index (κ1) is 13.6. The zero-order valence-electron chi connectivity index (χ0n) is 11.9. The smallest absolute Gasteiger partial charge is 0.0297 e. The van der Waals surface area contributed by atoms with Gasteiger partial charge < -0.3 is 5.73 Å². The summed E-state index contributed by atoms with van der Waals surface area (Å²) < 4.78 is 0. The van der Waals surface area contributed by atoms with E-state index in [0.717, 1.165) is 12.3 Å². The topological polar surface area (TPSA) is 26.0 Å². The van der Waals surface area contributed by atoms with Crippen molar-refractivity contribution in [3.63, 3.8) is 0 Å². The van der Waals surface area contributed by atoms with Crippen molar-refractivity contribution in [2.75, 3.05) is 0 Å². The summed E-state index contributed by atoms with van der Waals surface area (Å²) in [4.78, 5) is 0. The maximum absolute atomic E-state index is 6.36. The van der Waals surface area contributed by atoms with Crippen LogP contribution in [0, 0.1) is 19.8 Å². The van der Waals surface area contributed by atoms with Crippen LogP contribution in [0.4, 0.5) is 0 Å². The quantitative estimate of drug-likeness (QED) is 0.820. The van der Waals surface area contributed by atoms with E-state index in [-0.39, 0.29) is 6.04 Å². The second kappa shape index (κ2) is 6.38. The Hall–Kier alpha value is -0.820. The standard InChI is InChI=1S/C17H27N/c1-13-8-10-16(14(2)12-13)17(18)11-9-15-6-4-3-5-7-15/h8,10,12,15,17H,3-7,9,11,18H2,1-2H3. The summed E-state index contributed by atoms with van der Waals surface area (Å²) in [6.07, 6.45) is 9.63. The molecule has 0 aliphatic heterocycles. The summed E-state index contributed by atoms with van der Waals surface area (Å²) in [5, 5.41) is 0. The van der Waals surface area contributed by atoms with E-state index in [4.69, 9.17) is 5.73 Å². The molecule has 0 saturated heterocycles. The Bertz CT molecular complexity index is 377. The lowest BCUT2D eigenvalue weighted by Gasteiger charge is -2.23. The van der Waals surface area contributed by atoms with Gasteiger partial charge in [-0.3, -0.25) is 0 Å². The highest BCUT2D eigenvalue weighted by atomic mass is 14.6. The van der Waals surface area contributed by atoms with Gasteiger partial charge in [0.15, 0.2) is 0 Å². The van der Waals surface area contributed by atoms with Crippen molar-refractivity contribution in [2.24, 2.45) is 11.7 Å². The van der Waals surface area contributed by atoms with Crippen LogP contribution in [-0.4, -0.2) is 0 Å². The maximum Gasteiger partial charge on any atom is 0.0297 e. The van der Waals surface area contributed by atoms with E-state index in [0.29, 0.717) is 0 Å². The van der Waals surface area contributed by atoms with Crippen LogP contribution in [0.3, 0.4) is 0 Å². The van der Waals surface area contributed by atoms with Gasteiger partial charge >= 0.3 is 0 Å². The maximum atomic E-state index is 6.36. The molecule has 2 N–H and O–H groups in total. The summed E-state index contributed by atoms with van der Waals surface area (Å²) in [5.41, 5.74) is 10.4. The molecule has 1 heteroatoms. The zero-order chi connectivity index (χ0) is 13.0. The highest BCUT2D eigenvalue weighted by Crippen LogP contribution is 2.30. The van der Waals surface area contributed by atoms with E-state index in [1.165, 1.54) is 55.2 Å². The van der Waals surface area contributed by atoms with Gasteiger partial charge in [-0.05, 0) is 43.7 Å². The molecule has 100 valence electrons. The second-order valence-electron chi connectivity index (χ2n) is 6.05. The number of nitrogens with two attached hydrogens (primary N) is 1. The van der Waals surface area contributed by atoms with Crippen LogP contribution >= 0.6 is 0 Å². The molecule has 1 aliphatic rings. The van der Waals surface area contributed by atoms with E-state index >= 15 is 0 Å². The Kier molecular flexibility index (Phi) is 4.82. The van der Waals surface area contributed by atoms with Gasteiger partial charge in [0.05, 0.1) is 0 Å². The van der Waals surface area contributed by atoms with E-state index in [1.807, 2.05) is 0 Å². The Morgan fingerprint density at radius 3 is 2.56 bits per heavy atom. The molecule has 1 aromatic carbocycles. The van der Waals surface area contributed by atoms with Crippen LogP contribution in [-0.2, 0) is 0 Å². The fourth-order valence-electron chi connectivity index (χ4n) is 3.29. The molecule has 0 heterocycles.